The van der Waals surface area contributed by atoms with Crippen molar-refractivity contribution in [2.24, 2.45) is 5.92 Å². The molecule has 5 nitrogen and oxygen atoms in total. The highest BCUT2D eigenvalue weighted by Crippen LogP contribution is 2.31. The molecule has 0 radical (unpaired) electrons. The van der Waals surface area contributed by atoms with E-state index in [4.69, 9.17) is 9.47 Å². The van der Waals surface area contributed by atoms with Crippen molar-refractivity contribution in [1.29, 1.82) is 0 Å². The lowest BCUT2D eigenvalue weighted by molar-refractivity contribution is -0.148. The van der Waals surface area contributed by atoms with Gasteiger partial charge in [0.15, 0.2) is 0 Å². The monoisotopic (exact) mass is 278 g/mol. The van der Waals surface area contributed by atoms with Gasteiger partial charge < -0.3 is 9.47 Å². The summed E-state index contributed by atoms with van der Waals surface area (Å²) in [5.41, 5.74) is 2.43. The highest BCUT2D eigenvalue weighted by Gasteiger charge is 2.30. The van der Waals surface area contributed by atoms with E-state index < -0.39 is 0 Å². The average molecular weight is 278 g/mol. The summed E-state index contributed by atoms with van der Waals surface area (Å²) in [7, 11) is 0. The molecule has 0 spiro atoms. The van der Waals surface area contributed by atoms with Crippen LogP contribution in [0.2, 0.25) is 0 Å². The molecule has 0 amide bonds. The Kier molecular flexibility index (Phi) is 4.05. The summed E-state index contributed by atoms with van der Waals surface area (Å²) >= 11 is 0. The Morgan fingerprint density at radius 2 is 2.40 bits per heavy atom. The van der Waals surface area contributed by atoms with Crippen molar-refractivity contribution in [3.63, 3.8) is 0 Å². The van der Waals surface area contributed by atoms with Gasteiger partial charge in [-0.15, -0.1) is 0 Å². The van der Waals surface area contributed by atoms with Gasteiger partial charge in [0, 0.05) is 12.3 Å². The van der Waals surface area contributed by atoms with Gasteiger partial charge >= 0.3 is 5.97 Å². The summed E-state index contributed by atoms with van der Waals surface area (Å²) in [4.78, 5) is 11.8. The maximum absolute atomic E-state index is 11.8. The quantitative estimate of drug-likeness (QED) is 0.796. The molecule has 1 fully saturated rings. The maximum Gasteiger partial charge on any atom is 0.309 e. The second-order valence-electron chi connectivity index (χ2n) is 5.57. The molecule has 1 saturated heterocycles. The fraction of sp³-hybridized carbons (Fsp3) is 0.733. The molecule has 1 aliphatic carbocycles. The van der Waals surface area contributed by atoms with E-state index in [0.29, 0.717) is 6.61 Å². The number of ether oxygens (including phenoxy) is 2. The number of aromatic nitrogens is 2. The standard InChI is InChI=1S/C15H22N2O3/c1-2-19-15(18)11-6-7-13-12(9-11)10-16-17(13)14-5-3-4-8-20-14/h10-11,14H,2-9H2,1H3. The molecule has 1 aliphatic heterocycles. The molecule has 0 bridgehead atoms. The first-order chi connectivity index (χ1) is 9.79. The van der Waals surface area contributed by atoms with E-state index in [1.807, 2.05) is 17.8 Å². The van der Waals surface area contributed by atoms with Crippen LogP contribution in [0, 0.1) is 5.92 Å². The first-order valence-corrected chi connectivity index (χ1v) is 7.63. The minimum atomic E-state index is -0.0696. The molecule has 2 atom stereocenters. The zero-order valence-electron chi connectivity index (χ0n) is 12.0. The number of rotatable bonds is 3. The van der Waals surface area contributed by atoms with Crippen molar-refractivity contribution < 1.29 is 14.3 Å². The first-order valence-electron chi connectivity index (χ1n) is 7.63. The first kappa shape index (κ1) is 13.6. The van der Waals surface area contributed by atoms with Crippen molar-refractivity contribution >= 4 is 5.97 Å². The van der Waals surface area contributed by atoms with Crippen LogP contribution < -0.4 is 0 Å². The van der Waals surface area contributed by atoms with Gasteiger partial charge in [-0.3, -0.25) is 4.79 Å². The molecule has 0 N–H and O–H groups in total. The molecule has 1 aromatic rings. The summed E-state index contributed by atoms with van der Waals surface area (Å²) in [6.07, 6.45) is 7.86. The lowest BCUT2D eigenvalue weighted by atomic mass is 9.88. The fourth-order valence-electron chi connectivity index (χ4n) is 3.17. The van der Waals surface area contributed by atoms with Gasteiger partial charge in [-0.1, -0.05) is 0 Å². The Morgan fingerprint density at radius 1 is 1.50 bits per heavy atom. The Balaban J connectivity index is 1.72. The van der Waals surface area contributed by atoms with Crippen LogP contribution in [0.4, 0.5) is 0 Å². The van der Waals surface area contributed by atoms with Crippen LogP contribution in [0.15, 0.2) is 6.20 Å². The number of hydrogen-bond acceptors (Lipinski definition) is 4. The molecule has 5 heteroatoms. The van der Waals surface area contributed by atoms with Crippen LogP contribution in [0.1, 0.15) is 50.1 Å². The highest BCUT2D eigenvalue weighted by atomic mass is 16.5. The molecule has 1 aromatic heterocycles. The summed E-state index contributed by atoms with van der Waals surface area (Å²) in [6.45, 7) is 3.13. The van der Waals surface area contributed by atoms with Crippen molar-refractivity contribution in [3.8, 4) is 0 Å². The van der Waals surface area contributed by atoms with E-state index in [-0.39, 0.29) is 18.1 Å². The molecular weight excluding hydrogens is 256 g/mol. The largest absolute Gasteiger partial charge is 0.466 e. The normalized spacial score (nSPS) is 26.1. The third-order valence-corrected chi connectivity index (χ3v) is 4.23. The molecule has 110 valence electrons. The molecule has 0 saturated carbocycles. The lowest BCUT2D eigenvalue weighted by Crippen LogP contribution is -2.27. The number of esters is 1. The van der Waals surface area contributed by atoms with E-state index in [1.54, 1.807) is 0 Å². The Morgan fingerprint density at radius 3 is 3.15 bits per heavy atom. The Labute approximate surface area is 119 Å². The molecular formula is C15H22N2O3. The average Bonchev–Trinajstić information content (AvgIpc) is 2.91. The van der Waals surface area contributed by atoms with Crippen LogP contribution in [-0.2, 0) is 27.1 Å². The second-order valence-corrected chi connectivity index (χ2v) is 5.57. The van der Waals surface area contributed by atoms with E-state index in [2.05, 4.69) is 5.10 Å². The molecule has 2 unspecified atom stereocenters. The zero-order valence-corrected chi connectivity index (χ0v) is 12.0. The third kappa shape index (κ3) is 2.59. The van der Waals surface area contributed by atoms with Crippen molar-refractivity contribution in [2.45, 2.75) is 51.7 Å². The van der Waals surface area contributed by atoms with Crippen LogP contribution in [0.25, 0.3) is 0 Å². The molecule has 0 aromatic carbocycles. The minimum Gasteiger partial charge on any atom is -0.466 e. The summed E-state index contributed by atoms with van der Waals surface area (Å²) in [5, 5.41) is 4.50. The number of hydrogen-bond donors (Lipinski definition) is 0. The number of nitrogens with zero attached hydrogens (tertiary/aromatic N) is 2. The molecule has 2 heterocycles. The zero-order chi connectivity index (χ0) is 13.9. The van der Waals surface area contributed by atoms with Gasteiger partial charge in [0.25, 0.3) is 0 Å². The van der Waals surface area contributed by atoms with Crippen molar-refractivity contribution in [2.75, 3.05) is 13.2 Å². The Bertz CT molecular complexity index is 477. The molecule has 3 rings (SSSR count). The van der Waals surface area contributed by atoms with Crippen LogP contribution >= 0.6 is 0 Å². The van der Waals surface area contributed by atoms with Gasteiger partial charge in [0.05, 0.1) is 18.7 Å². The van der Waals surface area contributed by atoms with Gasteiger partial charge in [0.2, 0.25) is 0 Å². The second kappa shape index (κ2) is 5.95. The van der Waals surface area contributed by atoms with Gasteiger partial charge in [0.1, 0.15) is 6.23 Å². The van der Waals surface area contributed by atoms with Gasteiger partial charge in [-0.2, -0.15) is 5.10 Å². The third-order valence-electron chi connectivity index (χ3n) is 4.23. The van der Waals surface area contributed by atoms with E-state index >= 15 is 0 Å². The Hall–Kier alpha value is -1.36. The summed E-state index contributed by atoms with van der Waals surface area (Å²) in [5.74, 6) is -0.0767. The topological polar surface area (TPSA) is 53.3 Å². The van der Waals surface area contributed by atoms with Gasteiger partial charge in [-0.05, 0) is 51.0 Å². The minimum absolute atomic E-state index is 0.00706. The number of carbonyl (C=O) groups excluding carboxylic acids is 1. The van der Waals surface area contributed by atoms with E-state index in [1.165, 1.54) is 17.7 Å². The number of carbonyl (C=O) groups is 1. The lowest BCUT2D eigenvalue weighted by Gasteiger charge is -2.27. The molecule has 20 heavy (non-hydrogen) atoms. The summed E-state index contributed by atoms with van der Waals surface area (Å²) in [6, 6.07) is 0. The predicted octanol–water partition coefficient (Wildman–Crippen LogP) is 2.25. The van der Waals surface area contributed by atoms with Crippen LogP contribution in [0.3, 0.4) is 0 Å². The van der Waals surface area contributed by atoms with E-state index in [9.17, 15) is 4.79 Å². The fourth-order valence-corrected chi connectivity index (χ4v) is 3.17. The number of fused-ring (bicyclic) bond motifs is 1. The smallest absolute Gasteiger partial charge is 0.309 e. The summed E-state index contributed by atoms with van der Waals surface area (Å²) < 4.78 is 13.0. The van der Waals surface area contributed by atoms with Crippen molar-refractivity contribution in [1.82, 2.24) is 9.78 Å². The predicted molar refractivity (Wildman–Crippen MR) is 73.2 cm³/mol. The molecule has 2 aliphatic rings. The maximum atomic E-state index is 11.8. The highest BCUT2D eigenvalue weighted by molar-refractivity contribution is 5.73. The SMILES string of the molecule is CCOC(=O)C1CCc2c(cnn2C2CCCCO2)C1. The van der Waals surface area contributed by atoms with Gasteiger partial charge in [-0.25, -0.2) is 4.68 Å². The van der Waals surface area contributed by atoms with Crippen LogP contribution in [0.5, 0.6) is 0 Å². The van der Waals surface area contributed by atoms with Crippen LogP contribution in [-0.4, -0.2) is 29.0 Å². The van der Waals surface area contributed by atoms with Crippen molar-refractivity contribution in [3.05, 3.63) is 17.5 Å². The van der Waals surface area contributed by atoms with E-state index in [0.717, 1.165) is 38.7 Å².